The van der Waals surface area contributed by atoms with E-state index < -0.39 is 0 Å². The molecule has 55 heavy (non-hydrogen) atoms. The summed E-state index contributed by atoms with van der Waals surface area (Å²) in [6, 6.07) is 62.6. The zero-order valence-electron chi connectivity index (χ0n) is 29.7. The number of hydrogen-bond acceptors (Lipinski definition) is 7. The van der Waals surface area contributed by atoms with E-state index >= 15 is 0 Å². The van der Waals surface area contributed by atoms with Gasteiger partial charge < -0.3 is 10.1 Å². The van der Waals surface area contributed by atoms with E-state index in [0.29, 0.717) is 5.84 Å². The molecule has 7 nitrogen and oxygen atoms in total. The number of nitrogens with zero attached hydrogens (tertiary/aromatic N) is 4. The van der Waals surface area contributed by atoms with Crippen molar-refractivity contribution in [2.24, 2.45) is 15.1 Å². The minimum atomic E-state index is -0.335. The predicted octanol–water partition coefficient (Wildman–Crippen LogP) is 11.2. The summed E-state index contributed by atoms with van der Waals surface area (Å²) in [6.45, 7) is 0. The minimum absolute atomic E-state index is 0.287. The monoisotopic (exact) mass is 731 g/mol. The molecule has 0 spiro atoms. The van der Waals surface area contributed by atoms with E-state index in [0.717, 1.165) is 71.8 Å². The first-order chi connectivity index (χ1) is 27.2. The van der Waals surface area contributed by atoms with Crippen LogP contribution in [0.15, 0.2) is 207 Å². The SMILES string of the molecule is c1ccc(C2=NC(c3ccccc3)[N+](c3ccc(-c4ccc5c(c4)Sc4ccccc4O5)c(C4NC(c5ccccc5)=NC(c5ccccc5)N4)c3)=N2)cc1. The molecule has 0 radical (unpaired) electrons. The number of rotatable bonds is 7. The lowest BCUT2D eigenvalue weighted by atomic mass is 9.95. The van der Waals surface area contributed by atoms with Gasteiger partial charge in [0.1, 0.15) is 29.7 Å². The van der Waals surface area contributed by atoms with Crippen LogP contribution in [0.3, 0.4) is 0 Å². The van der Waals surface area contributed by atoms with Crippen LogP contribution in [0.4, 0.5) is 5.69 Å². The third kappa shape index (κ3) is 6.52. The summed E-state index contributed by atoms with van der Waals surface area (Å²) < 4.78 is 8.38. The molecule has 0 saturated carbocycles. The molecule has 7 aromatic carbocycles. The highest BCUT2D eigenvalue weighted by atomic mass is 32.2. The van der Waals surface area contributed by atoms with Crippen molar-refractivity contribution in [3.8, 4) is 22.6 Å². The number of amidine groups is 2. The van der Waals surface area contributed by atoms with Crippen molar-refractivity contribution in [2.75, 3.05) is 0 Å². The molecule has 3 aliphatic rings. The molecule has 0 amide bonds. The van der Waals surface area contributed by atoms with Crippen LogP contribution < -0.4 is 15.4 Å². The number of aliphatic imine (C=N–C) groups is 2. The van der Waals surface area contributed by atoms with Gasteiger partial charge in [0.2, 0.25) is 11.5 Å². The third-order valence-electron chi connectivity index (χ3n) is 9.99. The number of fused-ring (bicyclic) bond motifs is 2. The fraction of sp³-hybridized carbons (Fsp3) is 0.0638. The molecule has 0 bridgehead atoms. The van der Waals surface area contributed by atoms with Gasteiger partial charge in [0.15, 0.2) is 0 Å². The lowest BCUT2D eigenvalue weighted by Gasteiger charge is -2.33. The molecule has 3 heterocycles. The Hall–Kier alpha value is -6.61. The van der Waals surface area contributed by atoms with E-state index in [9.17, 15) is 0 Å². The maximum absolute atomic E-state index is 6.33. The van der Waals surface area contributed by atoms with Crippen LogP contribution in [-0.4, -0.2) is 16.4 Å². The lowest BCUT2D eigenvalue weighted by Crippen LogP contribution is -2.45. The summed E-state index contributed by atoms with van der Waals surface area (Å²) in [5.74, 6) is 3.26. The molecule has 8 heteroatoms. The number of nitrogens with one attached hydrogen (secondary N) is 2. The number of azo groups is 2. The van der Waals surface area contributed by atoms with E-state index in [4.69, 9.17) is 19.8 Å². The van der Waals surface area contributed by atoms with Crippen LogP contribution in [0.1, 0.15) is 46.3 Å². The van der Waals surface area contributed by atoms with Gasteiger partial charge in [0, 0.05) is 39.5 Å². The summed E-state index contributed by atoms with van der Waals surface area (Å²) in [5.41, 5.74) is 8.29. The smallest absolute Gasteiger partial charge is 0.305 e. The van der Waals surface area contributed by atoms with Crippen molar-refractivity contribution in [3.05, 3.63) is 210 Å². The number of benzene rings is 7. The van der Waals surface area contributed by atoms with Crippen molar-refractivity contribution in [1.29, 1.82) is 0 Å². The van der Waals surface area contributed by atoms with Gasteiger partial charge in [-0.25, -0.2) is 4.99 Å². The highest BCUT2D eigenvalue weighted by Gasteiger charge is 2.36. The van der Waals surface area contributed by atoms with E-state index in [1.807, 2.05) is 65.4 Å². The first-order valence-corrected chi connectivity index (χ1v) is 19.2. The zero-order valence-corrected chi connectivity index (χ0v) is 30.5. The average Bonchev–Trinajstić information content (AvgIpc) is 3.72. The highest BCUT2D eigenvalue weighted by Crippen LogP contribution is 2.48. The quantitative estimate of drug-likeness (QED) is 0.160. The second-order valence-electron chi connectivity index (χ2n) is 13.5. The Morgan fingerprint density at radius 2 is 1.20 bits per heavy atom. The molecule has 3 atom stereocenters. The second kappa shape index (κ2) is 14.3. The Balaban J connectivity index is 1.12. The van der Waals surface area contributed by atoms with E-state index in [1.165, 1.54) is 0 Å². The Morgan fingerprint density at radius 1 is 0.545 bits per heavy atom. The number of hydrogen-bond donors (Lipinski definition) is 2. The summed E-state index contributed by atoms with van der Waals surface area (Å²) >= 11 is 1.73. The van der Waals surface area contributed by atoms with Crippen LogP contribution in [0, 0.1) is 0 Å². The minimum Gasteiger partial charge on any atom is -0.455 e. The van der Waals surface area contributed by atoms with Crippen LogP contribution in [0.25, 0.3) is 11.1 Å². The molecule has 0 saturated heterocycles. The van der Waals surface area contributed by atoms with Crippen molar-refractivity contribution in [2.45, 2.75) is 28.3 Å². The fourth-order valence-electron chi connectivity index (χ4n) is 7.27. The summed E-state index contributed by atoms with van der Waals surface area (Å²) in [6.07, 6.45) is -0.941. The average molecular weight is 732 g/mol. The van der Waals surface area contributed by atoms with E-state index in [1.54, 1.807) is 11.8 Å². The molecule has 264 valence electrons. The second-order valence-corrected chi connectivity index (χ2v) is 14.6. The van der Waals surface area contributed by atoms with Gasteiger partial charge in [-0.15, -0.1) is 0 Å². The third-order valence-corrected chi connectivity index (χ3v) is 11.1. The molecule has 0 aliphatic carbocycles. The Morgan fingerprint density at radius 3 is 1.96 bits per heavy atom. The molecule has 0 fully saturated rings. The zero-order chi connectivity index (χ0) is 36.6. The van der Waals surface area contributed by atoms with Crippen LogP contribution in [0.2, 0.25) is 0 Å². The summed E-state index contributed by atoms with van der Waals surface area (Å²) in [5, 5.41) is 12.8. The normalized spacial score (nSPS) is 18.5. The molecule has 0 aromatic heterocycles. The van der Waals surface area contributed by atoms with Crippen molar-refractivity contribution in [1.82, 2.24) is 10.6 Å². The molecule has 3 aliphatic heterocycles. The lowest BCUT2D eigenvalue weighted by molar-refractivity contribution is -0.544. The van der Waals surface area contributed by atoms with Crippen LogP contribution >= 0.6 is 11.8 Å². The Bertz CT molecular complexity index is 2610. The Labute approximate surface area is 323 Å². The molecular weight excluding hydrogens is 697 g/mol. The number of para-hydroxylation sites is 1. The summed E-state index contributed by atoms with van der Waals surface area (Å²) in [7, 11) is 0. The standard InChI is InChI=1S/C47H35N6OS/c1-5-15-31(16-6-1)43-48-44(32-17-7-2-8-18-32)50-46(49-43)38-30-36(53-47(34-21-11-4-12-22-34)51-45(52-53)33-19-9-3-10-20-33)26-27-37(38)35-25-28-40-42(29-35)55-41-24-14-13-23-39(41)54-40/h1-30,43,46-47,49H,(H,48,50)/q+1. The highest BCUT2D eigenvalue weighted by molar-refractivity contribution is 7.99. The molecule has 7 aromatic rings. The van der Waals surface area contributed by atoms with E-state index in [-0.39, 0.29) is 18.5 Å². The van der Waals surface area contributed by atoms with Gasteiger partial charge in [-0.2, -0.15) is 4.99 Å². The molecule has 2 N–H and O–H groups in total. The Kier molecular flexibility index (Phi) is 8.59. The van der Waals surface area contributed by atoms with Gasteiger partial charge in [-0.1, -0.05) is 156 Å². The van der Waals surface area contributed by atoms with Gasteiger partial charge in [0.25, 0.3) is 0 Å². The molecule has 3 unspecified atom stereocenters. The first-order valence-electron chi connectivity index (χ1n) is 18.4. The first kappa shape index (κ1) is 33.0. The van der Waals surface area contributed by atoms with Crippen LogP contribution in [0.5, 0.6) is 11.5 Å². The summed E-state index contributed by atoms with van der Waals surface area (Å²) in [4.78, 5) is 12.6. The van der Waals surface area contributed by atoms with E-state index in [2.05, 4.69) is 132 Å². The fourth-order valence-corrected chi connectivity index (χ4v) is 8.26. The van der Waals surface area contributed by atoms with Crippen LogP contribution in [-0.2, 0) is 0 Å². The van der Waals surface area contributed by atoms with Gasteiger partial charge >= 0.3 is 6.17 Å². The van der Waals surface area contributed by atoms with Gasteiger partial charge in [0.05, 0.1) is 9.79 Å². The van der Waals surface area contributed by atoms with Gasteiger partial charge in [-0.3, -0.25) is 5.32 Å². The van der Waals surface area contributed by atoms with Crippen molar-refractivity contribution in [3.63, 3.8) is 0 Å². The van der Waals surface area contributed by atoms with Crippen molar-refractivity contribution < 1.29 is 9.43 Å². The predicted molar refractivity (Wildman–Crippen MR) is 218 cm³/mol. The number of ether oxygens (including phenoxy) is 1. The largest absolute Gasteiger partial charge is 0.455 e. The maximum atomic E-state index is 6.33. The molecular formula is C47H35N6OS+. The van der Waals surface area contributed by atoms with Gasteiger partial charge in [-0.05, 0) is 47.0 Å². The maximum Gasteiger partial charge on any atom is 0.305 e. The topological polar surface area (TPSA) is 73.4 Å². The molecule has 10 rings (SSSR count). The van der Waals surface area contributed by atoms with Crippen molar-refractivity contribution >= 4 is 29.1 Å².